The van der Waals surface area contributed by atoms with Crippen LogP contribution in [0.4, 0.5) is 0 Å². The lowest BCUT2D eigenvalue weighted by atomic mass is 10.0. The first kappa shape index (κ1) is 16.4. The maximum Gasteiger partial charge on any atom is 0.0558 e. The number of hydrogen-bond donors (Lipinski definition) is 2. The molecule has 4 heteroatoms. The van der Waals surface area contributed by atoms with Crippen LogP contribution in [-0.2, 0) is 0 Å². The van der Waals surface area contributed by atoms with Crippen LogP contribution in [0.25, 0.3) is 0 Å². The Morgan fingerprint density at radius 3 is 2.68 bits per heavy atom. The van der Waals surface area contributed by atoms with Gasteiger partial charge in [-0.15, -0.1) is 0 Å². The van der Waals surface area contributed by atoms with Crippen LogP contribution in [0.5, 0.6) is 0 Å². The van der Waals surface area contributed by atoms with Gasteiger partial charge in [-0.25, -0.2) is 0 Å². The van der Waals surface area contributed by atoms with Crippen LogP contribution in [0.2, 0.25) is 5.02 Å². The normalized spacial score (nSPS) is 12.9. The summed E-state index contributed by atoms with van der Waals surface area (Å²) in [4.78, 5) is 2.30. The van der Waals surface area contributed by atoms with Crippen molar-refractivity contribution in [3.8, 4) is 0 Å². The van der Waals surface area contributed by atoms with E-state index in [2.05, 4.69) is 23.2 Å². The Morgan fingerprint density at radius 1 is 1.32 bits per heavy atom. The zero-order valence-electron chi connectivity index (χ0n) is 11.9. The summed E-state index contributed by atoms with van der Waals surface area (Å²) in [5.74, 6) is 0. The molecule has 0 radical (unpaired) electrons. The van der Waals surface area contributed by atoms with Crippen molar-refractivity contribution in [2.45, 2.75) is 25.8 Å². The second kappa shape index (κ2) is 9.32. The van der Waals surface area contributed by atoms with Crippen molar-refractivity contribution >= 4 is 11.6 Å². The zero-order valence-corrected chi connectivity index (χ0v) is 12.7. The lowest BCUT2D eigenvalue weighted by molar-refractivity contribution is 0.190. The van der Waals surface area contributed by atoms with Crippen LogP contribution in [-0.4, -0.2) is 43.3 Å². The first-order chi connectivity index (χ1) is 9.21. The smallest absolute Gasteiger partial charge is 0.0558 e. The number of rotatable bonds is 9. The second-order valence-electron chi connectivity index (χ2n) is 4.75. The molecule has 0 aromatic heterocycles. The molecule has 0 fully saturated rings. The van der Waals surface area contributed by atoms with Gasteiger partial charge in [0.05, 0.1) is 6.61 Å². The van der Waals surface area contributed by atoms with E-state index >= 15 is 0 Å². The van der Waals surface area contributed by atoms with E-state index in [0.717, 1.165) is 37.5 Å². The highest BCUT2D eigenvalue weighted by Gasteiger charge is 2.11. The fourth-order valence-electron chi connectivity index (χ4n) is 2.31. The monoisotopic (exact) mass is 284 g/mol. The third-order valence-electron chi connectivity index (χ3n) is 3.29. The van der Waals surface area contributed by atoms with Crippen molar-refractivity contribution < 1.29 is 5.11 Å². The molecule has 0 aliphatic carbocycles. The van der Waals surface area contributed by atoms with Gasteiger partial charge in [-0.1, -0.05) is 30.7 Å². The van der Waals surface area contributed by atoms with Crippen LogP contribution in [0.3, 0.4) is 0 Å². The van der Waals surface area contributed by atoms with E-state index in [1.165, 1.54) is 5.56 Å². The molecule has 1 unspecified atom stereocenters. The van der Waals surface area contributed by atoms with Crippen LogP contribution in [0.1, 0.15) is 31.4 Å². The quantitative estimate of drug-likeness (QED) is 0.732. The van der Waals surface area contributed by atoms with Crippen molar-refractivity contribution in [2.24, 2.45) is 0 Å². The SMILES string of the molecule is CCCN(CCO)CCC(NC)c1cccc(Cl)c1. The van der Waals surface area contributed by atoms with E-state index in [1.807, 2.05) is 25.2 Å². The number of aliphatic hydroxyl groups is 1. The second-order valence-corrected chi connectivity index (χ2v) is 5.19. The molecule has 3 nitrogen and oxygen atoms in total. The maximum absolute atomic E-state index is 9.06. The van der Waals surface area contributed by atoms with Gasteiger partial charge >= 0.3 is 0 Å². The van der Waals surface area contributed by atoms with Crippen LogP contribution in [0.15, 0.2) is 24.3 Å². The molecular formula is C15H25ClN2O. The molecule has 0 bridgehead atoms. The summed E-state index contributed by atoms with van der Waals surface area (Å²) in [6, 6.07) is 8.30. The molecule has 0 saturated carbocycles. The summed E-state index contributed by atoms with van der Waals surface area (Å²) >= 11 is 6.04. The average Bonchev–Trinajstić information content (AvgIpc) is 2.40. The summed E-state index contributed by atoms with van der Waals surface area (Å²) in [5, 5.41) is 13.2. The zero-order chi connectivity index (χ0) is 14.1. The average molecular weight is 285 g/mol. The number of halogens is 1. The maximum atomic E-state index is 9.06. The van der Waals surface area contributed by atoms with E-state index < -0.39 is 0 Å². The van der Waals surface area contributed by atoms with Gasteiger partial charge in [0.15, 0.2) is 0 Å². The first-order valence-electron chi connectivity index (χ1n) is 6.97. The van der Waals surface area contributed by atoms with Crippen molar-refractivity contribution in [2.75, 3.05) is 33.3 Å². The van der Waals surface area contributed by atoms with E-state index in [9.17, 15) is 0 Å². The Morgan fingerprint density at radius 2 is 2.11 bits per heavy atom. The fourth-order valence-corrected chi connectivity index (χ4v) is 2.50. The molecule has 1 aromatic carbocycles. The van der Waals surface area contributed by atoms with Crippen molar-refractivity contribution in [3.63, 3.8) is 0 Å². The van der Waals surface area contributed by atoms with Gasteiger partial charge in [-0.3, -0.25) is 0 Å². The summed E-state index contributed by atoms with van der Waals surface area (Å²) in [7, 11) is 1.97. The van der Waals surface area contributed by atoms with Crippen molar-refractivity contribution in [1.82, 2.24) is 10.2 Å². The summed E-state index contributed by atoms with van der Waals surface area (Å²) < 4.78 is 0. The van der Waals surface area contributed by atoms with Gasteiger partial charge in [0, 0.05) is 24.2 Å². The third kappa shape index (κ3) is 5.91. The molecule has 0 spiro atoms. The summed E-state index contributed by atoms with van der Waals surface area (Å²) in [6.07, 6.45) is 2.12. The Hall–Kier alpha value is -0.610. The predicted molar refractivity (Wildman–Crippen MR) is 81.7 cm³/mol. The summed E-state index contributed by atoms with van der Waals surface area (Å²) in [6.45, 7) is 5.15. The molecule has 1 aromatic rings. The Bertz CT molecular complexity index is 354. The van der Waals surface area contributed by atoms with Crippen LogP contribution >= 0.6 is 11.6 Å². The number of nitrogens with one attached hydrogen (secondary N) is 1. The fraction of sp³-hybridized carbons (Fsp3) is 0.600. The van der Waals surface area contributed by atoms with E-state index in [-0.39, 0.29) is 6.61 Å². The van der Waals surface area contributed by atoms with Crippen LogP contribution < -0.4 is 5.32 Å². The number of hydrogen-bond acceptors (Lipinski definition) is 3. The summed E-state index contributed by atoms with van der Waals surface area (Å²) in [5.41, 5.74) is 1.22. The molecule has 0 saturated heterocycles. The minimum Gasteiger partial charge on any atom is -0.395 e. The lowest BCUT2D eigenvalue weighted by Crippen LogP contribution is -2.31. The van der Waals surface area contributed by atoms with Gasteiger partial charge in [-0.05, 0) is 44.1 Å². The number of benzene rings is 1. The number of aliphatic hydroxyl groups excluding tert-OH is 1. The Balaban J connectivity index is 2.56. The molecule has 1 rings (SSSR count). The van der Waals surface area contributed by atoms with Gasteiger partial charge in [0.1, 0.15) is 0 Å². The van der Waals surface area contributed by atoms with Gasteiger partial charge in [0.2, 0.25) is 0 Å². The predicted octanol–water partition coefficient (Wildman–Crippen LogP) is 2.69. The van der Waals surface area contributed by atoms with Crippen LogP contribution in [0, 0.1) is 0 Å². The van der Waals surface area contributed by atoms with Crippen molar-refractivity contribution in [3.05, 3.63) is 34.9 Å². The first-order valence-corrected chi connectivity index (χ1v) is 7.35. The third-order valence-corrected chi connectivity index (χ3v) is 3.52. The molecule has 2 N–H and O–H groups in total. The van der Waals surface area contributed by atoms with Gasteiger partial charge < -0.3 is 15.3 Å². The molecule has 108 valence electrons. The minimum atomic E-state index is 0.224. The molecular weight excluding hydrogens is 260 g/mol. The highest BCUT2D eigenvalue weighted by Crippen LogP contribution is 2.20. The molecule has 19 heavy (non-hydrogen) atoms. The molecule has 0 aliphatic heterocycles. The van der Waals surface area contributed by atoms with Crippen molar-refractivity contribution in [1.29, 1.82) is 0 Å². The largest absolute Gasteiger partial charge is 0.395 e. The van der Waals surface area contributed by atoms with Gasteiger partial charge in [-0.2, -0.15) is 0 Å². The van der Waals surface area contributed by atoms with E-state index in [4.69, 9.17) is 16.7 Å². The lowest BCUT2D eigenvalue weighted by Gasteiger charge is -2.24. The molecule has 0 aliphatic rings. The number of nitrogens with zero attached hydrogens (tertiary/aromatic N) is 1. The highest BCUT2D eigenvalue weighted by molar-refractivity contribution is 6.30. The van der Waals surface area contributed by atoms with Gasteiger partial charge in [0.25, 0.3) is 0 Å². The standard InChI is InChI=1S/C15H25ClN2O/c1-3-8-18(10-11-19)9-7-15(17-2)13-5-4-6-14(16)12-13/h4-6,12,15,17,19H,3,7-11H2,1-2H3. The van der Waals surface area contributed by atoms with E-state index in [1.54, 1.807) is 0 Å². The molecule has 1 atom stereocenters. The minimum absolute atomic E-state index is 0.224. The van der Waals surface area contributed by atoms with E-state index in [0.29, 0.717) is 6.04 Å². The highest BCUT2D eigenvalue weighted by atomic mass is 35.5. The Kier molecular flexibility index (Phi) is 8.07. The Labute approximate surface area is 121 Å². The topological polar surface area (TPSA) is 35.5 Å². The molecule has 0 heterocycles. The molecule has 0 amide bonds.